The number of para-hydroxylation sites is 1. The van der Waals surface area contributed by atoms with E-state index in [0.717, 1.165) is 11.3 Å². The average molecular weight is 386 g/mol. The van der Waals surface area contributed by atoms with Crippen LogP contribution in [0.4, 0.5) is 5.82 Å². The molecular weight excluding hydrogens is 368 g/mol. The lowest BCUT2D eigenvalue weighted by molar-refractivity contribution is -0.118. The fourth-order valence-electron chi connectivity index (χ4n) is 2.74. The number of carbonyl (C=O) groups excluding carboxylic acids is 1. The zero-order valence-corrected chi connectivity index (χ0v) is 15.7. The van der Waals surface area contributed by atoms with Crippen molar-refractivity contribution >= 4 is 11.7 Å². The predicted molar refractivity (Wildman–Crippen MR) is 108 cm³/mol. The molecule has 0 spiro atoms. The first kappa shape index (κ1) is 18.4. The van der Waals surface area contributed by atoms with Crippen LogP contribution in [-0.4, -0.2) is 27.6 Å². The summed E-state index contributed by atoms with van der Waals surface area (Å²) in [5, 5.41) is 6.75. The van der Waals surface area contributed by atoms with Gasteiger partial charge in [-0.15, -0.1) is 0 Å². The van der Waals surface area contributed by atoms with Crippen molar-refractivity contribution in [3.63, 3.8) is 0 Å². The van der Waals surface area contributed by atoms with Crippen molar-refractivity contribution in [2.75, 3.05) is 11.9 Å². The maximum absolute atomic E-state index is 12.2. The molecule has 1 amide bonds. The average Bonchev–Trinajstić information content (AvgIpc) is 3.23. The lowest BCUT2D eigenvalue weighted by Gasteiger charge is -2.09. The summed E-state index contributed by atoms with van der Waals surface area (Å²) < 4.78 is 11.1. The van der Waals surface area contributed by atoms with E-state index in [2.05, 4.69) is 20.4 Å². The lowest BCUT2D eigenvalue weighted by atomic mass is 10.2. The highest BCUT2D eigenvalue weighted by molar-refractivity contribution is 5.91. The molecule has 4 rings (SSSR count). The number of hydrogen-bond acceptors (Lipinski definition) is 6. The Morgan fingerprint density at radius 2 is 1.76 bits per heavy atom. The van der Waals surface area contributed by atoms with Gasteiger partial charge >= 0.3 is 0 Å². The first-order valence-electron chi connectivity index (χ1n) is 9.04. The van der Waals surface area contributed by atoms with Crippen molar-refractivity contribution in [1.29, 1.82) is 0 Å². The minimum Gasteiger partial charge on any atom is -0.483 e. The number of amides is 1. The Kier molecular flexibility index (Phi) is 5.29. The largest absolute Gasteiger partial charge is 0.483 e. The third-order valence-corrected chi connectivity index (χ3v) is 4.09. The number of carbonyl (C=O) groups is 1. The monoisotopic (exact) mass is 386 g/mol. The molecule has 2 heterocycles. The van der Waals surface area contributed by atoms with Crippen LogP contribution in [0.3, 0.4) is 0 Å². The molecule has 2 aromatic heterocycles. The van der Waals surface area contributed by atoms with Gasteiger partial charge in [0.2, 0.25) is 5.82 Å². The molecule has 1 N–H and O–H groups in total. The van der Waals surface area contributed by atoms with E-state index in [4.69, 9.17) is 9.26 Å². The van der Waals surface area contributed by atoms with Gasteiger partial charge in [0.1, 0.15) is 11.6 Å². The highest BCUT2D eigenvalue weighted by atomic mass is 16.5. The molecule has 29 heavy (non-hydrogen) atoms. The van der Waals surface area contributed by atoms with Crippen LogP contribution in [-0.2, 0) is 4.79 Å². The lowest BCUT2D eigenvalue weighted by Crippen LogP contribution is -2.21. The number of nitrogens with one attached hydrogen (secondary N) is 1. The van der Waals surface area contributed by atoms with Crippen LogP contribution in [0.15, 0.2) is 77.3 Å². The second-order valence-electron chi connectivity index (χ2n) is 6.29. The van der Waals surface area contributed by atoms with E-state index >= 15 is 0 Å². The molecule has 0 aliphatic rings. The Morgan fingerprint density at radius 1 is 0.966 bits per heavy atom. The summed E-state index contributed by atoms with van der Waals surface area (Å²) in [6.07, 6.45) is 0. The number of aryl methyl sites for hydroxylation is 1. The van der Waals surface area contributed by atoms with Crippen LogP contribution in [0.25, 0.3) is 22.8 Å². The van der Waals surface area contributed by atoms with Crippen molar-refractivity contribution in [2.24, 2.45) is 0 Å². The Hall–Kier alpha value is -4.00. The highest BCUT2D eigenvalue weighted by Gasteiger charge is 2.15. The molecule has 4 aromatic rings. The van der Waals surface area contributed by atoms with E-state index < -0.39 is 0 Å². The van der Waals surface area contributed by atoms with Gasteiger partial charge in [-0.3, -0.25) is 4.79 Å². The van der Waals surface area contributed by atoms with Gasteiger partial charge in [0.05, 0.1) is 5.56 Å². The number of nitrogens with zero attached hydrogens (tertiary/aromatic N) is 3. The van der Waals surface area contributed by atoms with Crippen molar-refractivity contribution in [3.8, 4) is 28.6 Å². The Bertz CT molecular complexity index is 1130. The topological polar surface area (TPSA) is 90.1 Å². The quantitative estimate of drug-likeness (QED) is 0.536. The summed E-state index contributed by atoms with van der Waals surface area (Å²) in [5.41, 5.74) is 2.29. The van der Waals surface area contributed by atoms with E-state index in [-0.39, 0.29) is 12.5 Å². The van der Waals surface area contributed by atoms with Crippen LogP contribution in [0, 0.1) is 6.92 Å². The molecule has 0 aliphatic carbocycles. The molecule has 144 valence electrons. The summed E-state index contributed by atoms with van der Waals surface area (Å²) in [6, 6.07) is 22.2. The molecule has 0 aliphatic heterocycles. The summed E-state index contributed by atoms with van der Waals surface area (Å²) in [7, 11) is 0. The van der Waals surface area contributed by atoms with Crippen molar-refractivity contribution in [2.45, 2.75) is 6.92 Å². The van der Waals surface area contributed by atoms with Gasteiger partial charge in [0, 0.05) is 11.3 Å². The zero-order chi connectivity index (χ0) is 20.1. The van der Waals surface area contributed by atoms with Crippen LogP contribution in [0.2, 0.25) is 0 Å². The second-order valence-corrected chi connectivity index (χ2v) is 6.29. The number of pyridine rings is 1. The SMILES string of the molecule is Cc1cccc(NC(=O)COc2ccccc2-c2nc(-c3ccccc3)no2)n1. The third kappa shape index (κ3) is 4.47. The summed E-state index contributed by atoms with van der Waals surface area (Å²) in [4.78, 5) is 20.9. The molecule has 2 aromatic carbocycles. The minimum absolute atomic E-state index is 0.174. The molecule has 0 atom stereocenters. The molecule has 0 bridgehead atoms. The molecule has 0 saturated carbocycles. The van der Waals surface area contributed by atoms with Crippen molar-refractivity contribution in [1.82, 2.24) is 15.1 Å². The summed E-state index contributed by atoms with van der Waals surface area (Å²) in [5.74, 6) is 1.45. The molecule has 7 nitrogen and oxygen atoms in total. The number of hydrogen-bond donors (Lipinski definition) is 1. The molecule has 0 saturated heterocycles. The predicted octanol–water partition coefficient (Wildman–Crippen LogP) is 4.12. The Morgan fingerprint density at radius 3 is 2.59 bits per heavy atom. The summed E-state index contributed by atoms with van der Waals surface area (Å²) >= 11 is 0. The number of rotatable bonds is 6. The van der Waals surface area contributed by atoms with Crippen molar-refractivity contribution < 1.29 is 14.1 Å². The Labute approximate surface area is 167 Å². The van der Waals surface area contributed by atoms with E-state index in [0.29, 0.717) is 28.8 Å². The Balaban J connectivity index is 1.47. The molecular formula is C22H18N4O3. The van der Waals surface area contributed by atoms with Gasteiger partial charge in [-0.05, 0) is 31.2 Å². The molecule has 7 heteroatoms. The van der Waals surface area contributed by atoms with Gasteiger partial charge in [-0.2, -0.15) is 4.98 Å². The maximum Gasteiger partial charge on any atom is 0.263 e. The summed E-state index contributed by atoms with van der Waals surface area (Å²) in [6.45, 7) is 1.68. The zero-order valence-electron chi connectivity index (χ0n) is 15.7. The number of benzene rings is 2. The van der Waals surface area contributed by atoms with E-state index in [1.807, 2.05) is 61.5 Å². The van der Waals surface area contributed by atoms with Gasteiger partial charge in [-0.1, -0.05) is 53.7 Å². The smallest absolute Gasteiger partial charge is 0.263 e. The fourth-order valence-corrected chi connectivity index (χ4v) is 2.74. The number of ether oxygens (including phenoxy) is 1. The normalized spacial score (nSPS) is 10.5. The number of anilines is 1. The van der Waals surface area contributed by atoms with Crippen LogP contribution in [0.5, 0.6) is 5.75 Å². The van der Waals surface area contributed by atoms with Gasteiger partial charge in [-0.25, -0.2) is 4.98 Å². The first-order valence-corrected chi connectivity index (χ1v) is 9.04. The number of aromatic nitrogens is 3. The van der Waals surface area contributed by atoms with Crippen LogP contribution in [0.1, 0.15) is 5.69 Å². The molecule has 0 unspecified atom stereocenters. The fraction of sp³-hybridized carbons (Fsp3) is 0.0909. The van der Waals surface area contributed by atoms with Crippen LogP contribution >= 0.6 is 0 Å². The standard InChI is InChI=1S/C22H18N4O3/c1-15-8-7-13-19(23-15)24-20(27)14-28-18-12-6-5-11-17(18)22-25-21(26-29-22)16-9-3-2-4-10-16/h2-13H,14H2,1H3,(H,23,24,27). The van der Waals surface area contributed by atoms with E-state index in [9.17, 15) is 4.79 Å². The van der Waals surface area contributed by atoms with Crippen LogP contribution < -0.4 is 10.1 Å². The minimum atomic E-state index is -0.312. The molecule has 0 radical (unpaired) electrons. The highest BCUT2D eigenvalue weighted by Crippen LogP contribution is 2.30. The third-order valence-electron chi connectivity index (χ3n) is 4.09. The van der Waals surface area contributed by atoms with Gasteiger partial charge in [0.15, 0.2) is 6.61 Å². The van der Waals surface area contributed by atoms with Gasteiger partial charge < -0.3 is 14.6 Å². The van der Waals surface area contributed by atoms with E-state index in [1.165, 1.54) is 0 Å². The van der Waals surface area contributed by atoms with Gasteiger partial charge in [0.25, 0.3) is 11.8 Å². The second kappa shape index (κ2) is 8.35. The first-order chi connectivity index (χ1) is 14.2. The maximum atomic E-state index is 12.2. The van der Waals surface area contributed by atoms with Crippen molar-refractivity contribution in [3.05, 3.63) is 78.5 Å². The molecule has 0 fully saturated rings. The van der Waals surface area contributed by atoms with E-state index in [1.54, 1.807) is 18.2 Å².